The van der Waals surface area contributed by atoms with E-state index in [4.69, 9.17) is 4.74 Å². The van der Waals surface area contributed by atoms with Gasteiger partial charge in [0.25, 0.3) is 0 Å². The van der Waals surface area contributed by atoms with E-state index in [1.165, 1.54) is 4.88 Å². The Bertz CT molecular complexity index is 612. The number of amides is 2. The Morgan fingerprint density at radius 1 is 1.42 bits per heavy atom. The van der Waals surface area contributed by atoms with Gasteiger partial charge in [0.1, 0.15) is 0 Å². The molecule has 0 bridgehead atoms. The molecule has 0 aliphatic carbocycles. The van der Waals surface area contributed by atoms with Gasteiger partial charge in [0.05, 0.1) is 12.6 Å². The van der Waals surface area contributed by atoms with Crippen LogP contribution in [-0.2, 0) is 17.7 Å². The topological polar surface area (TPSA) is 54.5 Å². The zero-order valence-electron chi connectivity index (χ0n) is 13.7. The summed E-state index contributed by atoms with van der Waals surface area (Å²) in [4.78, 5) is 19.7. The van der Waals surface area contributed by atoms with Gasteiger partial charge in [-0.2, -0.15) is 0 Å². The molecule has 3 rings (SSSR count). The van der Waals surface area contributed by atoms with Crippen molar-refractivity contribution in [1.82, 2.24) is 15.2 Å². The Kier molecular flexibility index (Phi) is 6.20. The summed E-state index contributed by atoms with van der Waals surface area (Å²) in [5.41, 5.74) is 1.13. The summed E-state index contributed by atoms with van der Waals surface area (Å²) in [5.74, 6) is 0. The molecule has 128 valence electrons. The molecule has 2 aromatic heterocycles. The first kappa shape index (κ1) is 16.9. The predicted molar refractivity (Wildman–Crippen MR) is 95.0 cm³/mol. The van der Waals surface area contributed by atoms with Crippen molar-refractivity contribution < 1.29 is 9.53 Å². The number of hydrogen-bond donors (Lipinski definition) is 1. The minimum Gasteiger partial charge on any atom is -0.376 e. The number of urea groups is 1. The number of rotatable bonds is 7. The maximum atomic E-state index is 12.6. The average Bonchev–Trinajstić information content (AvgIpc) is 3.29. The lowest BCUT2D eigenvalue weighted by atomic mass is 10.2. The molecule has 2 aromatic rings. The number of hydrogen-bond acceptors (Lipinski definition) is 4. The second-order valence-corrected chi connectivity index (χ2v) is 6.97. The first-order valence-electron chi connectivity index (χ1n) is 8.37. The summed E-state index contributed by atoms with van der Waals surface area (Å²) in [6.45, 7) is 2.70. The largest absolute Gasteiger partial charge is 0.376 e. The van der Waals surface area contributed by atoms with E-state index in [2.05, 4.69) is 16.4 Å². The number of nitrogens with zero attached hydrogens (tertiary/aromatic N) is 2. The lowest BCUT2D eigenvalue weighted by Gasteiger charge is -2.25. The van der Waals surface area contributed by atoms with Crippen LogP contribution >= 0.6 is 11.3 Å². The molecule has 0 unspecified atom stereocenters. The van der Waals surface area contributed by atoms with E-state index in [-0.39, 0.29) is 12.1 Å². The number of pyridine rings is 1. The lowest BCUT2D eigenvalue weighted by molar-refractivity contribution is 0.0798. The highest BCUT2D eigenvalue weighted by Gasteiger charge is 2.22. The van der Waals surface area contributed by atoms with E-state index in [1.807, 2.05) is 34.7 Å². The Morgan fingerprint density at radius 2 is 2.38 bits per heavy atom. The van der Waals surface area contributed by atoms with Crippen molar-refractivity contribution in [2.45, 2.75) is 31.9 Å². The molecule has 0 saturated carbocycles. The van der Waals surface area contributed by atoms with Gasteiger partial charge in [-0.3, -0.25) is 4.98 Å². The number of aromatic nitrogens is 1. The van der Waals surface area contributed by atoms with Crippen LogP contribution in [0, 0.1) is 0 Å². The molecule has 0 aromatic carbocycles. The van der Waals surface area contributed by atoms with Gasteiger partial charge in [0.2, 0.25) is 0 Å². The molecule has 2 amide bonds. The first-order chi connectivity index (χ1) is 11.8. The fourth-order valence-electron chi connectivity index (χ4n) is 2.82. The maximum Gasteiger partial charge on any atom is 0.317 e. The van der Waals surface area contributed by atoms with E-state index in [1.54, 1.807) is 17.5 Å². The van der Waals surface area contributed by atoms with E-state index in [9.17, 15) is 4.79 Å². The highest BCUT2D eigenvalue weighted by Crippen LogP contribution is 2.17. The van der Waals surface area contributed by atoms with Crippen molar-refractivity contribution in [3.05, 3.63) is 52.5 Å². The molecule has 0 spiro atoms. The van der Waals surface area contributed by atoms with Crippen molar-refractivity contribution in [2.24, 2.45) is 0 Å². The third-order valence-corrected chi connectivity index (χ3v) is 4.94. The molecule has 1 atom stereocenters. The van der Waals surface area contributed by atoms with Crippen LogP contribution in [0.15, 0.2) is 42.0 Å². The van der Waals surface area contributed by atoms with E-state index in [0.29, 0.717) is 19.6 Å². The van der Waals surface area contributed by atoms with Crippen molar-refractivity contribution >= 4 is 17.4 Å². The Labute approximate surface area is 146 Å². The van der Waals surface area contributed by atoms with Gasteiger partial charge in [-0.1, -0.05) is 12.1 Å². The molecule has 0 radical (unpaired) electrons. The van der Waals surface area contributed by atoms with Crippen LogP contribution in [0.1, 0.15) is 23.3 Å². The summed E-state index contributed by atoms with van der Waals surface area (Å²) >= 11 is 1.68. The summed E-state index contributed by atoms with van der Waals surface area (Å²) in [7, 11) is 0. The van der Waals surface area contributed by atoms with Crippen LogP contribution in [0.5, 0.6) is 0 Å². The molecule has 1 saturated heterocycles. The van der Waals surface area contributed by atoms with Gasteiger partial charge in [0.15, 0.2) is 0 Å². The molecule has 3 heterocycles. The van der Waals surface area contributed by atoms with Crippen LogP contribution in [0.4, 0.5) is 4.79 Å². The smallest absolute Gasteiger partial charge is 0.317 e. The fraction of sp³-hybridized carbons (Fsp3) is 0.444. The van der Waals surface area contributed by atoms with Gasteiger partial charge in [-0.25, -0.2) is 4.79 Å². The summed E-state index contributed by atoms with van der Waals surface area (Å²) < 4.78 is 5.70. The van der Waals surface area contributed by atoms with Crippen LogP contribution in [0.3, 0.4) is 0 Å². The van der Waals surface area contributed by atoms with Gasteiger partial charge in [0, 0.05) is 37.0 Å². The van der Waals surface area contributed by atoms with E-state index >= 15 is 0 Å². The molecule has 1 fully saturated rings. The number of ether oxygens (including phenoxy) is 1. The lowest BCUT2D eigenvalue weighted by Crippen LogP contribution is -2.43. The Morgan fingerprint density at radius 3 is 3.08 bits per heavy atom. The molecule has 6 heteroatoms. The molecular formula is C18H23N3O2S. The summed E-state index contributed by atoms with van der Waals surface area (Å²) in [5, 5.41) is 5.07. The second-order valence-electron chi connectivity index (χ2n) is 5.94. The third kappa shape index (κ3) is 5.04. The maximum absolute atomic E-state index is 12.6. The van der Waals surface area contributed by atoms with Gasteiger partial charge in [-0.05, 0) is 42.3 Å². The molecular weight excluding hydrogens is 322 g/mol. The SMILES string of the molecule is O=C(NCCc1cccnc1)N(Cc1cccs1)C[C@H]1CCCO1. The van der Waals surface area contributed by atoms with Crippen LogP contribution < -0.4 is 5.32 Å². The van der Waals surface area contributed by atoms with E-state index in [0.717, 1.165) is 31.4 Å². The minimum absolute atomic E-state index is 0.0252. The molecule has 1 aliphatic rings. The third-order valence-electron chi connectivity index (χ3n) is 4.07. The molecule has 1 aliphatic heterocycles. The zero-order chi connectivity index (χ0) is 16.6. The number of thiophene rings is 1. The zero-order valence-corrected chi connectivity index (χ0v) is 14.5. The van der Waals surface area contributed by atoms with Crippen LogP contribution in [-0.4, -0.2) is 41.7 Å². The fourth-order valence-corrected chi connectivity index (χ4v) is 3.54. The normalized spacial score (nSPS) is 16.9. The van der Waals surface area contributed by atoms with Crippen molar-refractivity contribution in [3.63, 3.8) is 0 Å². The average molecular weight is 345 g/mol. The first-order valence-corrected chi connectivity index (χ1v) is 9.25. The summed E-state index contributed by atoms with van der Waals surface area (Å²) in [6.07, 6.45) is 6.65. The van der Waals surface area contributed by atoms with Gasteiger partial charge in [-0.15, -0.1) is 11.3 Å². The minimum atomic E-state index is -0.0252. The van der Waals surface area contributed by atoms with Crippen molar-refractivity contribution in [2.75, 3.05) is 19.7 Å². The standard InChI is InChI=1S/C18H23N3O2S/c22-18(20-9-7-15-4-1-8-19-12-15)21(13-16-5-2-10-23-16)14-17-6-3-11-24-17/h1,3-4,6,8,11-12,16H,2,5,7,9-10,13-14H2,(H,20,22)/t16-/m1/s1. The Balaban J connectivity index is 1.53. The van der Waals surface area contributed by atoms with Crippen molar-refractivity contribution in [3.8, 4) is 0 Å². The second kappa shape index (κ2) is 8.80. The van der Waals surface area contributed by atoms with Crippen LogP contribution in [0.25, 0.3) is 0 Å². The number of carbonyl (C=O) groups excluding carboxylic acids is 1. The van der Waals surface area contributed by atoms with Crippen molar-refractivity contribution in [1.29, 1.82) is 0 Å². The highest BCUT2D eigenvalue weighted by molar-refractivity contribution is 7.09. The van der Waals surface area contributed by atoms with E-state index < -0.39 is 0 Å². The van der Waals surface area contributed by atoms with Gasteiger partial charge >= 0.3 is 6.03 Å². The quantitative estimate of drug-likeness (QED) is 0.839. The number of nitrogens with one attached hydrogen (secondary N) is 1. The number of carbonyl (C=O) groups is 1. The predicted octanol–water partition coefficient (Wildman–Crippen LogP) is 3.08. The van der Waals surface area contributed by atoms with Crippen LogP contribution in [0.2, 0.25) is 0 Å². The highest BCUT2D eigenvalue weighted by atomic mass is 32.1. The summed E-state index contributed by atoms with van der Waals surface area (Å²) in [6, 6.07) is 8.00. The monoisotopic (exact) mass is 345 g/mol. The van der Waals surface area contributed by atoms with Gasteiger partial charge < -0.3 is 15.0 Å². The molecule has 5 nitrogen and oxygen atoms in total. The molecule has 1 N–H and O–H groups in total. The Hall–Kier alpha value is -1.92. The molecule has 24 heavy (non-hydrogen) atoms.